The molecule has 1 aliphatic carbocycles. The van der Waals surface area contributed by atoms with Gasteiger partial charge in [-0.2, -0.15) is 5.10 Å². The lowest BCUT2D eigenvalue weighted by atomic mass is 10.1. The highest BCUT2D eigenvalue weighted by Gasteiger charge is 2.50. The standard InChI is InChI=1S/C9H12N4O3/c14-7(3-13-6-10-5-12-13)11-4-9(1-2-9)8(15)16/h5-6H,1-4H2,(H,11,14)(H,15,16). The van der Waals surface area contributed by atoms with Crippen molar-refractivity contribution in [3.63, 3.8) is 0 Å². The average Bonchev–Trinajstić information content (AvgIpc) is 2.88. The van der Waals surface area contributed by atoms with Gasteiger partial charge in [0, 0.05) is 6.54 Å². The molecule has 2 rings (SSSR count). The third kappa shape index (κ3) is 2.18. The number of carbonyl (C=O) groups is 2. The zero-order valence-corrected chi connectivity index (χ0v) is 8.59. The van der Waals surface area contributed by atoms with Crippen LogP contribution in [-0.2, 0) is 16.1 Å². The van der Waals surface area contributed by atoms with E-state index in [0.29, 0.717) is 12.8 Å². The highest BCUT2D eigenvalue weighted by atomic mass is 16.4. The number of nitrogens with one attached hydrogen (secondary N) is 1. The van der Waals surface area contributed by atoms with E-state index in [1.54, 1.807) is 0 Å². The quantitative estimate of drug-likeness (QED) is 0.686. The molecule has 0 saturated heterocycles. The topological polar surface area (TPSA) is 97.1 Å². The van der Waals surface area contributed by atoms with E-state index in [-0.39, 0.29) is 19.0 Å². The van der Waals surface area contributed by atoms with Crippen molar-refractivity contribution < 1.29 is 14.7 Å². The SMILES string of the molecule is O=C(Cn1cncn1)NCC1(C(=O)O)CC1. The Morgan fingerprint density at radius 3 is 2.75 bits per heavy atom. The van der Waals surface area contributed by atoms with Crippen LogP contribution in [0.3, 0.4) is 0 Å². The van der Waals surface area contributed by atoms with Gasteiger partial charge in [-0.1, -0.05) is 0 Å². The van der Waals surface area contributed by atoms with E-state index in [0.717, 1.165) is 0 Å². The molecule has 0 bridgehead atoms. The summed E-state index contributed by atoms with van der Waals surface area (Å²) < 4.78 is 1.38. The van der Waals surface area contributed by atoms with Gasteiger partial charge in [-0.3, -0.25) is 9.59 Å². The van der Waals surface area contributed by atoms with Crippen LogP contribution in [0.25, 0.3) is 0 Å². The Balaban J connectivity index is 1.78. The summed E-state index contributed by atoms with van der Waals surface area (Å²) in [4.78, 5) is 26.0. The van der Waals surface area contributed by atoms with E-state index in [1.807, 2.05) is 0 Å². The van der Waals surface area contributed by atoms with Gasteiger partial charge in [-0.15, -0.1) is 0 Å². The molecule has 1 aliphatic rings. The molecule has 86 valence electrons. The highest BCUT2D eigenvalue weighted by Crippen LogP contribution is 2.45. The van der Waals surface area contributed by atoms with Crippen molar-refractivity contribution in [3.05, 3.63) is 12.7 Å². The number of hydrogen-bond acceptors (Lipinski definition) is 4. The van der Waals surface area contributed by atoms with Crippen molar-refractivity contribution in [3.8, 4) is 0 Å². The average molecular weight is 224 g/mol. The van der Waals surface area contributed by atoms with Crippen molar-refractivity contribution in [1.82, 2.24) is 20.1 Å². The number of rotatable bonds is 5. The molecule has 1 saturated carbocycles. The van der Waals surface area contributed by atoms with Crippen LogP contribution in [0.1, 0.15) is 12.8 Å². The van der Waals surface area contributed by atoms with Crippen LogP contribution in [0.4, 0.5) is 0 Å². The van der Waals surface area contributed by atoms with E-state index in [4.69, 9.17) is 5.11 Å². The van der Waals surface area contributed by atoms with Crippen LogP contribution in [-0.4, -0.2) is 38.3 Å². The second-order valence-corrected chi connectivity index (χ2v) is 3.96. The summed E-state index contributed by atoms with van der Waals surface area (Å²) >= 11 is 0. The van der Waals surface area contributed by atoms with Gasteiger partial charge in [-0.25, -0.2) is 9.67 Å². The van der Waals surface area contributed by atoms with Crippen LogP contribution < -0.4 is 5.32 Å². The maximum Gasteiger partial charge on any atom is 0.311 e. The number of aliphatic carboxylic acids is 1. The fraction of sp³-hybridized carbons (Fsp3) is 0.556. The summed E-state index contributed by atoms with van der Waals surface area (Å²) in [6.45, 7) is 0.256. The molecule has 16 heavy (non-hydrogen) atoms. The Morgan fingerprint density at radius 2 is 2.25 bits per heavy atom. The van der Waals surface area contributed by atoms with Crippen molar-refractivity contribution in [1.29, 1.82) is 0 Å². The monoisotopic (exact) mass is 224 g/mol. The molecule has 0 aliphatic heterocycles. The van der Waals surface area contributed by atoms with E-state index in [2.05, 4.69) is 15.4 Å². The third-order valence-electron chi connectivity index (χ3n) is 2.70. The predicted molar refractivity (Wildman–Crippen MR) is 52.3 cm³/mol. The Kier molecular flexibility index (Phi) is 2.59. The number of amides is 1. The van der Waals surface area contributed by atoms with Crippen LogP contribution in [0, 0.1) is 5.41 Å². The second-order valence-electron chi connectivity index (χ2n) is 3.96. The first-order valence-corrected chi connectivity index (χ1v) is 4.95. The molecule has 1 aromatic rings. The van der Waals surface area contributed by atoms with Gasteiger partial charge in [0.15, 0.2) is 0 Å². The van der Waals surface area contributed by atoms with Gasteiger partial charge >= 0.3 is 5.97 Å². The van der Waals surface area contributed by atoms with Gasteiger partial charge < -0.3 is 10.4 Å². The normalized spacial score (nSPS) is 16.8. The van der Waals surface area contributed by atoms with Crippen molar-refractivity contribution in [2.45, 2.75) is 19.4 Å². The Labute approximate surface area is 91.5 Å². The Morgan fingerprint density at radius 1 is 1.50 bits per heavy atom. The van der Waals surface area contributed by atoms with Crippen molar-refractivity contribution >= 4 is 11.9 Å². The van der Waals surface area contributed by atoms with E-state index < -0.39 is 11.4 Å². The summed E-state index contributed by atoms with van der Waals surface area (Å²) in [5.41, 5.74) is -0.724. The first-order chi connectivity index (χ1) is 7.62. The molecular weight excluding hydrogens is 212 g/mol. The van der Waals surface area contributed by atoms with E-state index in [1.165, 1.54) is 17.3 Å². The Bertz CT molecular complexity index is 397. The van der Waals surface area contributed by atoms with Crippen LogP contribution in [0.5, 0.6) is 0 Å². The molecule has 1 heterocycles. The molecule has 1 aromatic heterocycles. The smallest absolute Gasteiger partial charge is 0.311 e. The lowest BCUT2D eigenvalue weighted by molar-refractivity contribution is -0.143. The zero-order valence-electron chi connectivity index (χ0n) is 8.59. The van der Waals surface area contributed by atoms with Gasteiger partial charge in [-0.05, 0) is 12.8 Å². The van der Waals surface area contributed by atoms with Gasteiger partial charge in [0.25, 0.3) is 0 Å². The minimum absolute atomic E-state index is 0.0652. The lowest BCUT2D eigenvalue weighted by Gasteiger charge is -2.10. The van der Waals surface area contributed by atoms with Gasteiger partial charge in [0.1, 0.15) is 19.2 Å². The molecule has 1 fully saturated rings. The second kappa shape index (κ2) is 3.92. The minimum atomic E-state index is -0.839. The molecule has 0 unspecified atom stereocenters. The number of nitrogens with zero attached hydrogens (tertiary/aromatic N) is 3. The molecule has 0 atom stereocenters. The molecule has 1 amide bonds. The lowest BCUT2D eigenvalue weighted by Crippen LogP contribution is -2.36. The van der Waals surface area contributed by atoms with Crippen molar-refractivity contribution in [2.24, 2.45) is 5.41 Å². The van der Waals surface area contributed by atoms with E-state index >= 15 is 0 Å². The predicted octanol–water partition coefficient (Wildman–Crippen LogP) is -0.741. The number of aromatic nitrogens is 3. The van der Waals surface area contributed by atoms with Crippen LogP contribution in [0.2, 0.25) is 0 Å². The summed E-state index contributed by atoms with van der Waals surface area (Å²) in [5, 5.41) is 15.3. The molecular formula is C9H12N4O3. The first-order valence-electron chi connectivity index (χ1n) is 4.95. The third-order valence-corrected chi connectivity index (χ3v) is 2.70. The number of carboxylic acids is 1. The number of carboxylic acid groups (broad SMARTS) is 1. The zero-order chi connectivity index (χ0) is 11.6. The number of carbonyl (C=O) groups excluding carboxylic acids is 1. The van der Waals surface area contributed by atoms with Crippen molar-refractivity contribution in [2.75, 3.05) is 6.54 Å². The van der Waals surface area contributed by atoms with Gasteiger partial charge in [0.2, 0.25) is 5.91 Å². The van der Waals surface area contributed by atoms with Gasteiger partial charge in [0.05, 0.1) is 5.41 Å². The molecule has 2 N–H and O–H groups in total. The summed E-state index contributed by atoms with van der Waals surface area (Å²) in [6, 6.07) is 0. The number of hydrogen-bond donors (Lipinski definition) is 2. The molecule has 0 radical (unpaired) electrons. The summed E-state index contributed by atoms with van der Waals surface area (Å²) in [5.74, 6) is -1.09. The van der Waals surface area contributed by atoms with Crippen LogP contribution in [0.15, 0.2) is 12.7 Å². The molecule has 0 spiro atoms. The largest absolute Gasteiger partial charge is 0.481 e. The fourth-order valence-electron chi connectivity index (χ4n) is 1.40. The van der Waals surface area contributed by atoms with Crippen LogP contribution >= 0.6 is 0 Å². The molecule has 7 heteroatoms. The molecule has 0 aromatic carbocycles. The highest BCUT2D eigenvalue weighted by molar-refractivity contribution is 5.80. The minimum Gasteiger partial charge on any atom is -0.481 e. The fourth-order valence-corrected chi connectivity index (χ4v) is 1.40. The first kappa shape index (κ1) is 10.6. The summed E-state index contributed by atoms with van der Waals surface area (Å²) in [6.07, 6.45) is 4.04. The maximum absolute atomic E-state index is 11.4. The maximum atomic E-state index is 11.4. The molecule has 7 nitrogen and oxygen atoms in total. The summed E-state index contributed by atoms with van der Waals surface area (Å²) in [7, 11) is 0. The Hall–Kier alpha value is -1.92. The van der Waals surface area contributed by atoms with E-state index in [9.17, 15) is 9.59 Å².